The Morgan fingerprint density at radius 1 is 1.42 bits per heavy atom. The van der Waals surface area contributed by atoms with E-state index >= 15 is 0 Å². The van der Waals surface area contributed by atoms with Crippen LogP contribution in [-0.4, -0.2) is 30.1 Å². The van der Waals surface area contributed by atoms with Gasteiger partial charge in [-0.25, -0.2) is 8.78 Å². The van der Waals surface area contributed by atoms with Crippen LogP contribution in [0.5, 0.6) is 0 Å². The average molecular weight is 272 g/mol. The van der Waals surface area contributed by atoms with Gasteiger partial charge in [-0.15, -0.1) is 0 Å². The van der Waals surface area contributed by atoms with Crippen LogP contribution in [0.15, 0.2) is 18.2 Å². The first kappa shape index (κ1) is 15.5. The van der Waals surface area contributed by atoms with E-state index < -0.39 is 23.8 Å². The number of hydrogen-bond acceptors (Lipinski definition) is 3. The number of rotatable bonds is 6. The molecule has 1 amide bonds. The van der Waals surface area contributed by atoms with Crippen LogP contribution in [0.2, 0.25) is 0 Å². The minimum Gasteiger partial charge on any atom is -0.387 e. The van der Waals surface area contributed by atoms with Crippen molar-refractivity contribution in [2.45, 2.75) is 26.0 Å². The molecule has 3 N–H and O–H groups in total. The number of amides is 1. The molecule has 0 aromatic heterocycles. The standard InChI is InChI=1S/C13H18F2N2O2/c1-3-16-13(19)8(2)17-7-12(18)10-5-4-9(14)6-11(10)15/h4-6,8,12,17-18H,3,7H2,1-2H3,(H,16,19). The summed E-state index contributed by atoms with van der Waals surface area (Å²) in [4.78, 5) is 11.4. The lowest BCUT2D eigenvalue weighted by Gasteiger charge is -2.17. The van der Waals surface area contributed by atoms with Gasteiger partial charge in [0, 0.05) is 24.7 Å². The van der Waals surface area contributed by atoms with E-state index in [1.807, 2.05) is 0 Å². The lowest BCUT2D eigenvalue weighted by molar-refractivity contribution is -0.122. The molecule has 0 radical (unpaired) electrons. The number of aliphatic hydroxyl groups is 1. The average Bonchev–Trinajstić information content (AvgIpc) is 2.35. The van der Waals surface area contributed by atoms with Crippen LogP contribution in [0.25, 0.3) is 0 Å². The van der Waals surface area contributed by atoms with Crippen molar-refractivity contribution >= 4 is 5.91 Å². The number of likely N-dealkylation sites (N-methyl/N-ethyl adjacent to an activating group) is 1. The first-order valence-electron chi connectivity index (χ1n) is 6.09. The summed E-state index contributed by atoms with van der Waals surface area (Å²) in [5.74, 6) is -1.70. The SMILES string of the molecule is CCNC(=O)C(C)NCC(O)c1ccc(F)cc1F. The zero-order chi connectivity index (χ0) is 14.4. The van der Waals surface area contributed by atoms with Gasteiger partial charge < -0.3 is 15.7 Å². The second-order valence-corrected chi connectivity index (χ2v) is 4.21. The van der Waals surface area contributed by atoms with Crippen LogP contribution in [0, 0.1) is 11.6 Å². The predicted molar refractivity (Wildman–Crippen MR) is 67.5 cm³/mol. The molecule has 0 aliphatic heterocycles. The number of nitrogens with one attached hydrogen (secondary N) is 2. The Balaban J connectivity index is 2.55. The topological polar surface area (TPSA) is 61.4 Å². The van der Waals surface area contributed by atoms with E-state index in [-0.39, 0.29) is 18.0 Å². The third-order valence-electron chi connectivity index (χ3n) is 2.68. The number of carbonyl (C=O) groups excluding carboxylic acids is 1. The van der Waals surface area contributed by atoms with Crippen LogP contribution < -0.4 is 10.6 Å². The molecular formula is C13H18F2N2O2. The quantitative estimate of drug-likeness (QED) is 0.727. The molecule has 0 saturated heterocycles. The Morgan fingerprint density at radius 2 is 2.11 bits per heavy atom. The van der Waals surface area contributed by atoms with Crippen molar-refractivity contribution in [3.8, 4) is 0 Å². The molecule has 1 rings (SSSR count). The first-order chi connectivity index (χ1) is 8.95. The second kappa shape index (κ2) is 7.16. The zero-order valence-corrected chi connectivity index (χ0v) is 10.9. The smallest absolute Gasteiger partial charge is 0.236 e. The van der Waals surface area contributed by atoms with Gasteiger partial charge in [-0.1, -0.05) is 6.07 Å². The summed E-state index contributed by atoms with van der Waals surface area (Å²) in [6.45, 7) is 3.95. The summed E-state index contributed by atoms with van der Waals surface area (Å²) < 4.78 is 26.1. The highest BCUT2D eigenvalue weighted by Crippen LogP contribution is 2.17. The minimum absolute atomic E-state index is 0.000847. The van der Waals surface area contributed by atoms with E-state index in [0.717, 1.165) is 6.07 Å². The summed E-state index contributed by atoms with van der Waals surface area (Å²) in [5, 5.41) is 15.2. The van der Waals surface area contributed by atoms with E-state index in [0.29, 0.717) is 12.6 Å². The molecule has 0 bridgehead atoms. The van der Waals surface area contributed by atoms with Crippen LogP contribution in [0.1, 0.15) is 25.5 Å². The van der Waals surface area contributed by atoms with Gasteiger partial charge in [-0.2, -0.15) is 0 Å². The summed E-state index contributed by atoms with van der Waals surface area (Å²) in [7, 11) is 0. The third kappa shape index (κ3) is 4.57. The van der Waals surface area contributed by atoms with Crippen LogP contribution >= 0.6 is 0 Å². The number of halogens is 2. The molecule has 0 aliphatic carbocycles. The molecular weight excluding hydrogens is 254 g/mol. The van der Waals surface area contributed by atoms with Gasteiger partial charge in [-0.3, -0.25) is 4.79 Å². The maximum absolute atomic E-state index is 13.4. The van der Waals surface area contributed by atoms with Crippen molar-refractivity contribution in [2.75, 3.05) is 13.1 Å². The summed E-state index contributed by atoms with van der Waals surface area (Å²) in [5.41, 5.74) is -0.00278. The number of benzene rings is 1. The van der Waals surface area contributed by atoms with E-state index in [1.54, 1.807) is 13.8 Å². The van der Waals surface area contributed by atoms with Gasteiger partial charge in [0.1, 0.15) is 11.6 Å². The van der Waals surface area contributed by atoms with Crippen LogP contribution in [0.3, 0.4) is 0 Å². The third-order valence-corrected chi connectivity index (χ3v) is 2.68. The number of carbonyl (C=O) groups is 1. The van der Waals surface area contributed by atoms with Crippen LogP contribution in [0.4, 0.5) is 8.78 Å². The van der Waals surface area contributed by atoms with Crippen molar-refractivity contribution in [1.29, 1.82) is 0 Å². The molecule has 0 aliphatic rings. The van der Waals surface area contributed by atoms with Crippen molar-refractivity contribution < 1.29 is 18.7 Å². The molecule has 0 heterocycles. The molecule has 2 unspecified atom stereocenters. The van der Waals surface area contributed by atoms with Gasteiger partial charge in [-0.05, 0) is 19.9 Å². The van der Waals surface area contributed by atoms with E-state index in [1.165, 1.54) is 6.07 Å². The lowest BCUT2D eigenvalue weighted by Crippen LogP contribution is -2.43. The predicted octanol–water partition coefficient (Wildman–Crippen LogP) is 1.11. The Labute approximate surface area is 110 Å². The minimum atomic E-state index is -1.14. The summed E-state index contributed by atoms with van der Waals surface area (Å²) in [6.07, 6.45) is -1.14. The lowest BCUT2D eigenvalue weighted by atomic mass is 10.1. The highest BCUT2D eigenvalue weighted by molar-refractivity contribution is 5.81. The molecule has 106 valence electrons. The molecule has 19 heavy (non-hydrogen) atoms. The summed E-state index contributed by atoms with van der Waals surface area (Å²) >= 11 is 0. The molecule has 0 saturated carbocycles. The second-order valence-electron chi connectivity index (χ2n) is 4.21. The largest absolute Gasteiger partial charge is 0.387 e. The van der Waals surface area contributed by atoms with E-state index in [2.05, 4.69) is 10.6 Å². The van der Waals surface area contributed by atoms with Gasteiger partial charge in [0.25, 0.3) is 0 Å². The zero-order valence-electron chi connectivity index (χ0n) is 10.9. The maximum atomic E-state index is 13.4. The van der Waals surface area contributed by atoms with Gasteiger partial charge in [0.15, 0.2) is 0 Å². The fraction of sp³-hybridized carbons (Fsp3) is 0.462. The highest BCUT2D eigenvalue weighted by atomic mass is 19.1. The summed E-state index contributed by atoms with van der Waals surface area (Å²) in [6, 6.07) is 2.48. The number of hydrogen-bond donors (Lipinski definition) is 3. The molecule has 4 nitrogen and oxygen atoms in total. The van der Waals surface area contributed by atoms with Crippen molar-refractivity contribution in [3.63, 3.8) is 0 Å². The van der Waals surface area contributed by atoms with Crippen molar-refractivity contribution in [1.82, 2.24) is 10.6 Å². The van der Waals surface area contributed by atoms with Gasteiger partial charge in [0.2, 0.25) is 5.91 Å². The molecule has 2 atom stereocenters. The molecule has 0 spiro atoms. The Hall–Kier alpha value is -1.53. The normalized spacial score (nSPS) is 13.9. The molecule has 1 aromatic carbocycles. The molecule has 0 fully saturated rings. The van der Waals surface area contributed by atoms with Crippen molar-refractivity contribution in [3.05, 3.63) is 35.4 Å². The van der Waals surface area contributed by atoms with Crippen LogP contribution in [-0.2, 0) is 4.79 Å². The van der Waals surface area contributed by atoms with E-state index in [4.69, 9.17) is 0 Å². The Bertz CT molecular complexity index is 441. The fourth-order valence-corrected chi connectivity index (χ4v) is 1.59. The molecule has 6 heteroatoms. The molecule has 1 aromatic rings. The highest BCUT2D eigenvalue weighted by Gasteiger charge is 2.16. The fourth-order valence-electron chi connectivity index (χ4n) is 1.59. The number of aliphatic hydroxyl groups excluding tert-OH is 1. The van der Waals surface area contributed by atoms with E-state index in [9.17, 15) is 18.7 Å². The first-order valence-corrected chi connectivity index (χ1v) is 6.09. The Kier molecular flexibility index (Phi) is 5.85. The van der Waals surface area contributed by atoms with Crippen molar-refractivity contribution in [2.24, 2.45) is 0 Å². The van der Waals surface area contributed by atoms with Gasteiger partial charge in [0.05, 0.1) is 12.1 Å². The Morgan fingerprint density at radius 3 is 2.68 bits per heavy atom. The van der Waals surface area contributed by atoms with Gasteiger partial charge >= 0.3 is 0 Å². The maximum Gasteiger partial charge on any atom is 0.236 e. The monoisotopic (exact) mass is 272 g/mol.